The van der Waals surface area contributed by atoms with Crippen LogP contribution in [0, 0.1) is 10.1 Å². The molecule has 0 aliphatic rings. The van der Waals surface area contributed by atoms with Gasteiger partial charge in [-0.05, 0) is 26.7 Å². The summed E-state index contributed by atoms with van der Waals surface area (Å²) >= 11 is 0. The summed E-state index contributed by atoms with van der Waals surface area (Å²) in [6.07, 6.45) is 1.78. The van der Waals surface area contributed by atoms with Gasteiger partial charge in [-0.1, -0.05) is 0 Å². The van der Waals surface area contributed by atoms with E-state index in [9.17, 15) is 15.2 Å². The summed E-state index contributed by atoms with van der Waals surface area (Å²) in [7, 11) is 0. The minimum atomic E-state index is -0.870. The van der Waals surface area contributed by atoms with Crippen LogP contribution in [0.2, 0.25) is 0 Å². The normalized spacial score (nSPS) is 13.0. The van der Waals surface area contributed by atoms with Crippen molar-refractivity contribution >= 4 is 0 Å². The van der Waals surface area contributed by atoms with Crippen LogP contribution < -0.4 is 0 Å². The van der Waals surface area contributed by atoms with Gasteiger partial charge in [0.2, 0.25) is 5.54 Å². The summed E-state index contributed by atoms with van der Waals surface area (Å²) in [4.78, 5) is 10.3. The number of hydrogen-bond acceptors (Lipinski definition) is 3. The van der Waals surface area contributed by atoms with Gasteiger partial charge in [0, 0.05) is 25.2 Å². The van der Waals surface area contributed by atoms with Crippen LogP contribution in [0.5, 0.6) is 0 Å². The van der Waals surface area contributed by atoms with Gasteiger partial charge in [-0.2, -0.15) is 0 Å². The molecule has 0 spiro atoms. The van der Waals surface area contributed by atoms with Crippen molar-refractivity contribution in [3.8, 4) is 0 Å². The van der Waals surface area contributed by atoms with Crippen LogP contribution >= 0.6 is 0 Å². The van der Waals surface area contributed by atoms with Crippen molar-refractivity contribution < 1.29 is 10.0 Å². The standard InChI is InChI=1S/C9H19NO3/c1-8(2,10(12)13)6-5-7-9(3,4)11/h11H,5-7H2,1-4H3. The number of hydrogen-bond donors (Lipinski definition) is 1. The van der Waals surface area contributed by atoms with Crippen LogP contribution in [0.25, 0.3) is 0 Å². The number of aliphatic hydroxyl groups is 1. The first-order valence-electron chi connectivity index (χ1n) is 4.52. The molecule has 0 unspecified atom stereocenters. The van der Waals surface area contributed by atoms with Crippen LogP contribution in [-0.2, 0) is 0 Å². The molecule has 4 heteroatoms. The molecular formula is C9H19NO3. The average molecular weight is 189 g/mol. The van der Waals surface area contributed by atoms with Crippen LogP contribution in [0.15, 0.2) is 0 Å². The lowest BCUT2D eigenvalue weighted by Crippen LogP contribution is -2.31. The van der Waals surface area contributed by atoms with Crippen molar-refractivity contribution in [1.29, 1.82) is 0 Å². The minimum absolute atomic E-state index is 0.266. The third-order valence-corrected chi connectivity index (χ3v) is 2.07. The Morgan fingerprint density at radius 2 is 1.69 bits per heavy atom. The van der Waals surface area contributed by atoms with Crippen LogP contribution in [0.3, 0.4) is 0 Å². The lowest BCUT2D eigenvalue weighted by atomic mass is 9.93. The maximum absolute atomic E-state index is 10.5. The second kappa shape index (κ2) is 4.05. The molecule has 0 atom stereocenters. The summed E-state index contributed by atoms with van der Waals surface area (Å²) in [5, 5.41) is 19.9. The van der Waals surface area contributed by atoms with Gasteiger partial charge in [0.1, 0.15) is 0 Å². The second-order valence-corrected chi connectivity index (χ2v) is 4.74. The van der Waals surface area contributed by atoms with E-state index < -0.39 is 11.1 Å². The molecular weight excluding hydrogens is 170 g/mol. The summed E-state index contributed by atoms with van der Waals surface area (Å²) in [5.41, 5.74) is -1.59. The Kier molecular flexibility index (Phi) is 3.85. The predicted molar refractivity (Wildman–Crippen MR) is 51.2 cm³/mol. The van der Waals surface area contributed by atoms with Gasteiger partial charge in [0.05, 0.1) is 5.60 Å². The van der Waals surface area contributed by atoms with E-state index in [1.165, 1.54) is 0 Å². The summed E-state index contributed by atoms with van der Waals surface area (Å²) < 4.78 is 0. The molecule has 0 amide bonds. The fourth-order valence-electron chi connectivity index (χ4n) is 1.04. The van der Waals surface area contributed by atoms with E-state index >= 15 is 0 Å². The fraction of sp³-hybridized carbons (Fsp3) is 1.00. The van der Waals surface area contributed by atoms with Crippen molar-refractivity contribution in [3.05, 3.63) is 10.1 Å². The maximum atomic E-state index is 10.5. The highest BCUT2D eigenvalue weighted by atomic mass is 16.6. The first-order valence-corrected chi connectivity index (χ1v) is 4.52. The molecule has 1 N–H and O–H groups in total. The van der Waals surface area contributed by atoms with Crippen molar-refractivity contribution in [1.82, 2.24) is 0 Å². The Bertz CT molecular complexity index is 182. The smallest absolute Gasteiger partial charge is 0.216 e. The Balaban J connectivity index is 3.84. The molecule has 0 saturated carbocycles. The van der Waals surface area contributed by atoms with Gasteiger partial charge in [-0.25, -0.2) is 0 Å². The molecule has 0 aromatic carbocycles. The zero-order chi connectivity index (χ0) is 10.7. The third-order valence-electron chi connectivity index (χ3n) is 2.07. The van der Waals surface area contributed by atoms with Crippen molar-refractivity contribution in [2.75, 3.05) is 0 Å². The highest BCUT2D eigenvalue weighted by Crippen LogP contribution is 2.20. The Morgan fingerprint density at radius 3 is 2.00 bits per heavy atom. The Morgan fingerprint density at radius 1 is 1.23 bits per heavy atom. The van der Waals surface area contributed by atoms with Crippen molar-refractivity contribution in [2.45, 2.75) is 58.1 Å². The summed E-state index contributed by atoms with van der Waals surface area (Å²) in [6, 6.07) is 0. The summed E-state index contributed by atoms with van der Waals surface area (Å²) in [6.45, 7) is 6.65. The van der Waals surface area contributed by atoms with Crippen molar-refractivity contribution in [3.63, 3.8) is 0 Å². The molecule has 4 nitrogen and oxygen atoms in total. The lowest BCUT2D eigenvalue weighted by molar-refractivity contribution is -0.561. The Labute approximate surface area is 79.1 Å². The average Bonchev–Trinajstić information content (AvgIpc) is 1.82. The number of nitrogens with zero attached hydrogens (tertiary/aromatic N) is 1. The van der Waals surface area contributed by atoms with Gasteiger partial charge in [0.25, 0.3) is 0 Å². The van der Waals surface area contributed by atoms with Gasteiger partial charge < -0.3 is 5.11 Å². The lowest BCUT2D eigenvalue weighted by Gasteiger charge is -2.19. The topological polar surface area (TPSA) is 63.4 Å². The molecule has 13 heavy (non-hydrogen) atoms. The van der Waals surface area contributed by atoms with Crippen molar-refractivity contribution in [2.24, 2.45) is 0 Å². The zero-order valence-electron chi connectivity index (χ0n) is 8.83. The number of nitro groups is 1. The monoisotopic (exact) mass is 189 g/mol. The SMILES string of the molecule is CC(C)(O)CCCC(C)(C)[N+](=O)[O-]. The van der Waals surface area contributed by atoms with E-state index in [0.717, 1.165) is 0 Å². The van der Waals surface area contributed by atoms with Crippen LogP contribution in [0.4, 0.5) is 0 Å². The molecule has 0 fully saturated rings. The predicted octanol–water partition coefficient (Wildman–Crippen LogP) is 1.98. The fourth-order valence-corrected chi connectivity index (χ4v) is 1.04. The third kappa shape index (κ3) is 5.58. The number of rotatable bonds is 5. The van der Waals surface area contributed by atoms with E-state index in [1.54, 1.807) is 27.7 Å². The Hall–Kier alpha value is -0.640. The molecule has 0 aliphatic heterocycles. The molecule has 0 radical (unpaired) electrons. The minimum Gasteiger partial charge on any atom is -0.390 e. The quantitative estimate of drug-likeness (QED) is 0.531. The molecule has 0 rings (SSSR count). The molecule has 0 aliphatic carbocycles. The molecule has 78 valence electrons. The largest absolute Gasteiger partial charge is 0.390 e. The highest BCUT2D eigenvalue weighted by molar-refractivity contribution is 4.71. The van der Waals surface area contributed by atoms with E-state index in [4.69, 9.17) is 0 Å². The van der Waals surface area contributed by atoms with Gasteiger partial charge in [-0.15, -0.1) is 0 Å². The maximum Gasteiger partial charge on any atom is 0.216 e. The highest BCUT2D eigenvalue weighted by Gasteiger charge is 2.30. The molecule has 0 aromatic rings. The van der Waals surface area contributed by atoms with Gasteiger partial charge in [0.15, 0.2) is 0 Å². The van der Waals surface area contributed by atoms with Crippen LogP contribution in [0.1, 0.15) is 47.0 Å². The zero-order valence-corrected chi connectivity index (χ0v) is 8.83. The van der Waals surface area contributed by atoms with E-state index in [0.29, 0.717) is 19.3 Å². The van der Waals surface area contributed by atoms with E-state index in [2.05, 4.69) is 0 Å². The molecule has 0 bridgehead atoms. The van der Waals surface area contributed by atoms with E-state index in [1.807, 2.05) is 0 Å². The first kappa shape index (κ1) is 12.4. The van der Waals surface area contributed by atoms with Gasteiger partial charge in [-0.3, -0.25) is 10.1 Å². The van der Waals surface area contributed by atoms with Gasteiger partial charge >= 0.3 is 0 Å². The molecule has 0 heterocycles. The van der Waals surface area contributed by atoms with E-state index in [-0.39, 0.29) is 4.92 Å². The molecule has 0 saturated heterocycles. The van der Waals surface area contributed by atoms with Crippen LogP contribution in [-0.4, -0.2) is 21.2 Å². The summed E-state index contributed by atoms with van der Waals surface area (Å²) in [5.74, 6) is 0. The molecule has 0 aromatic heterocycles. The second-order valence-electron chi connectivity index (χ2n) is 4.74. The first-order chi connectivity index (χ1) is 5.65.